The average molecular weight is 430 g/mol. The summed E-state index contributed by atoms with van der Waals surface area (Å²) in [6, 6.07) is 7.36. The highest BCUT2D eigenvalue weighted by atomic mass is 35.5. The fraction of sp³-hybridized carbons (Fsp3) is 0.312. The molecule has 1 aromatic carbocycles. The second-order valence-corrected chi connectivity index (χ2v) is 9.84. The first-order valence-corrected chi connectivity index (χ1v) is 10.6. The SMILES string of the molecule is Cc1c(C(=O)N2CCN(S(=O)(=O)c3ccc(Cl)s3)CC2)cccc1[N+](=O)[O-]. The van der Waals surface area contributed by atoms with Gasteiger partial charge in [-0.05, 0) is 25.1 Å². The van der Waals surface area contributed by atoms with E-state index in [-0.39, 0.29) is 47.5 Å². The van der Waals surface area contributed by atoms with Crippen LogP contribution in [0.3, 0.4) is 0 Å². The van der Waals surface area contributed by atoms with Crippen LogP contribution < -0.4 is 0 Å². The smallest absolute Gasteiger partial charge is 0.273 e. The standard InChI is InChI=1S/C16H16ClN3O5S2/c1-11-12(3-2-4-13(11)20(22)23)16(21)18-7-9-19(10-8-18)27(24,25)15-6-5-14(17)26-15/h2-6H,7-10H2,1H3. The summed E-state index contributed by atoms with van der Waals surface area (Å²) in [5, 5.41) is 11.1. The van der Waals surface area contributed by atoms with Gasteiger partial charge >= 0.3 is 0 Å². The summed E-state index contributed by atoms with van der Waals surface area (Å²) in [6.45, 7) is 2.25. The van der Waals surface area contributed by atoms with E-state index in [4.69, 9.17) is 11.6 Å². The molecule has 1 aliphatic heterocycles. The molecule has 1 aromatic heterocycles. The van der Waals surface area contributed by atoms with Gasteiger partial charge in [0.2, 0.25) is 0 Å². The number of amides is 1. The minimum Gasteiger partial charge on any atom is -0.336 e. The Labute approximate surface area is 165 Å². The van der Waals surface area contributed by atoms with Crippen molar-refractivity contribution < 1.29 is 18.1 Å². The Balaban J connectivity index is 1.74. The number of nitro groups is 1. The summed E-state index contributed by atoms with van der Waals surface area (Å²) in [6.07, 6.45) is 0. The van der Waals surface area contributed by atoms with E-state index in [9.17, 15) is 23.3 Å². The maximum atomic E-state index is 12.7. The third-order valence-electron chi connectivity index (χ3n) is 4.40. The Morgan fingerprint density at radius 2 is 1.85 bits per heavy atom. The van der Waals surface area contributed by atoms with Crippen LogP contribution in [-0.4, -0.2) is 54.6 Å². The molecule has 144 valence electrons. The maximum absolute atomic E-state index is 12.7. The number of carbonyl (C=O) groups is 1. The van der Waals surface area contributed by atoms with Crippen LogP contribution >= 0.6 is 22.9 Å². The lowest BCUT2D eigenvalue weighted by atomic mass is 10.1. The Morgan fingerprint density at radius 3 is 2.41 bits per heavy atom. The van der Waals surface area contributed by atoms with E-state index in [1.807, 2.05) is 0 Å². The van der Waals surface area contributed by atoms with Crippen molar-refractivity contribution in [2.45, 2.75) is 11.1 Å². The quantitative estimate of drug-likeness (QED) is 0.549. The van der Waals surface area contributed by atoms with Crippen LogP contribution in [0.1, 0.15) is 15.9 Å². The molecule has 0 bridgehead atoms. The van der Waals surface area contributed by atoms with Crippen LogP contribution in [0.5, 0.6) is 0 Å². The molecule has 1 fully saturated rings. The van der Waals surface area contributed by atoms with Gasteiger partial charge in [0.25, 0.3) is 21.6 Å². The molecule has 11 heteroatoms. The highest BCUT2D eigenvalue weighted by Gasteiger charge is 2.32. The lowest BCUT2D eigenvalue weighted by molar-refractivity contribution is -0.385. The summed E-state index contributed by atoms with van der Waals surface area (Å²) in [5.41, 5.74) is 0.443. The zero-order valence-electron chi connectivity index (χ0n) is 14.3. The summed E-state index contributed by atoms with van der Waals surface area (Å²) in [5.74, 6) is -0.340. The molecule has 8 nitrogen and oxygen atoms in total. The van der Waals surface area contributed by atoms with Gasteiger partial charge in [0.1, 0.15) is 4.21 Å². The number of halogens is 1. The van der Waals surface area contributed by atoms with Crippen molar-refractivity contribution in [1.82, 2.24) is 9.21 Å². The number of hydrogen-bond donors (Lipinski definition) is 0. The van der Waals surface area contributed by atoms with E-state index >= 15 is 0 Å². The predicted molar refractivity (Wildman–Crippen MR) is 102 cm³/mol. The van der Waals surface area contributed by atoms with Crippen molar-refractivity contribution in [2.75, 3.05) is 26.2 Å². The van der Waals surface area contributed by atoms with Crippen LogP contribution in [-0.2, 0) is 10.0 Å². The molecule has 0 saturated carbocycles. The van der Waals surface area contributed by atoms with Crippen molar-refractivity contribution in [3.63, 3.8) is 0 Å². The number of rotatable bonds is 4. The minimum absolute atomic E-state index is 0.114. The molecule has 0 unspecified atom stereocenters. The van der Waals surface area contributed by atoms with Crippen LogP contribution in [0.25, 0.3) is 0 Å². The highest BCUT2D eigenvalue weighted by molar-refractivity contribution is 7.91. The molecule has 0 aliphatic carbocycles. The molecule has 1 saturated heterocycles. The molecule has 1 amide bonds. The number of nitrogens with zero attached hydrogens (tertiary/aromatic N) is 3. The van der Waals surface area contributed by atoms with Gasteiger partial charge in [0.05, 0.1) is 9.26 Å². The Kier molecular flexibility index (Phi) is 5.52. The molecule has 2 heterocycles. The molecule has 3 rings (SSSR count). The largest absolute Gasteiger partial charge is 0.336 e. The van der Waals surface area contributed by atoms with Gasteiger partial charge < -0.3 is 4.90 Å². The highest BCUT2D eigenvalue weighted by Crippen LogP contribution is 2.29. The van der Waals surface area contributed by atoms with Crippen LogP contribution in [0.4, 0.5) is 5.69 Å². The third kappa shape index (κ3) is 3.84. The van der Waals surface area contributed by atoms with Gasteiger partial charge in [-0.3, -0.25) is 14.9 Å². The van der Waals surface area contributed by atoms with E-state index in [1.165, 1.54) is 40.4 Å². The number of piperazine rings is 1. The fourth-order valence-corrected chi connectivity index (χ4v) is 5.98. The number of hydrogen-bond acceptors (Lipinski definition) is 6. The molecule has 0 N–H and O–H groups in total. The molecule has 27 heavy (non-hydrogen) atoms. The van der Waals surface area contributed by atoms with Crippen LogP contribution in [0.2, 0.25) is 4.34 Å². The monoisotopic (exact) mass is 429 g/mol. The number of carbonyl (C=O) groups excluding carboxylic acids is 1. The van der Waals surface area contributed by atoms with Crippen molar-refractivity contribution in [3.05, 3.63) is 55.9 Å². The molecule has 0 radical (unpaired) electrons. The van der Waals surface area contributed by atoms with Gasteiger partial charge in [0, 0.05) is 43.4 Å². The number of benzene rings is 1. The summed E-state index contributed by atoms with van der Waals surface area (Å²) in [4.78, 5) is 24.8. The van der Waals surface area contributed by atoms with Gasteiger partial charge in [-0.2, -0.15) is 4.31 Å². The van der Waals surface area contributed by atoms with E-state index < -0.39 is 14.9 Å². The lowest BCUT2D eigenvalue weighted by Gasteiger charge is -2.34. The fourth-order valence-electron chi connectivity index (χ4n) is 2.92. The van der Waals surface area contributed by atoms with Gasteiger partial charge in [-0.15, -0.1) is 11.3 Å². The Hall–Kier alpha value is -2.01. The lowest BCUT2D eigenvalue weighted by Crippen LogP contribution is -2.50. The Bertz CT molecular complexity index is 997. The number of sulfonamides is 1. The van der Waals surface area contributed by atoms with Gasteiger partial charge in [-0.25, -0.2) is 8.42 Å². The zero-order chi connectivity index (χ0) is 19.8. The summed E-state index contributed by atoms with van der Waals surface area (Å²) >= 11 is 6.81. The first kappa shape index (κ1) is 19.7. The van der Waals surface area contributed by atoms with Crippen LogP contribution in [0, 0.1) is 17.0 Å². The van der Waals surface area contributed by atoms with Gasteiger partial charge in [0.15, 0.2) is 0 Å². The van der Waals surface area contributed by atoms with Crippen molar-refractivity contribution >= 4 is 44.6 Å². The van der Waals surface area contributed by atoms with Crippen molar-refractivity contribution in [3.8, 4) is 0 Å². The molecule has 2 aromatic rings. The van der Waals surface area contributed by atoms with E-state index in [0.29, 0.717) is 9.90 Å². The molecular formula is C16H16ClN3O5S2. The molecule has 0 spiro atoms. The first-order valence-electron chi connectivity index (χ1n) is 8.00. The van der Waals surface area contributed by atoms with Gasteiger partial charge in [-0.1, -0.05) is 17.7 Å². The molecule has 0 atom stereocenters. The summed E-state index contributed by atoms with van der Waals surface area (Å²) < 4.78 is 27.1. The minimum atomic E-state index is -3.64. The Morgan fingerprint density at radius 1 is 1.19 bits per heavy atom. The third-order valence-corrected chi connectivity index (χ3v) is 8.00. The topological polar surface area (TPSA) is 101 Å². The number of nitro benzene ring substituents is 1. The van der Waals surface area contributed by atoms with E-state index in [1.54, 1.807) is 6.07 Å². The second-order valence-electron chi connectivity index (χ2n) is 5.96. The molecular weight excluding hydrogens is 414 g/mol. The summed E-state index contributed by atoms with van der Waals surface area (Å²) in [7, 11) is -3.64. The predicted octanol–water partition coefficient (Wildman–Crippen LogP) is 2.76. The van der Waals surface area contributed by atoms with Crippen LogP contribution in [0.15, 0.2) is 34.5 Å². The maximum Gasteiger partial charge on any atom is 0.273 e. The van der Waals surface area contributed by atoms with Crippen molar-refractivity contribution in [1.29, 1.82) is 0 Å². The van der Waals surface area contributed by atoms with E-state index in [0.717, 1.165) is 11.3 Å². The van der Waals surface area contributed by atoms with Crippen molar-refractivity contribution in [2.24, 2.45) is 0 Å². The average Bonchev–Trinajstić information content (AvgIpc) is 3.08. The first-order chi connectivity index (χ1) is 12.7. The number of thiophene rings is 1. The van der Waals surface area contributed by atoms with E-state index in [2.05, 4.69) is 0 Å². The molecule has 1 aliphatic rings. The normalized spacial score (nSPS) is 15.7. The zero-order valence-corrected chi connectivity index (χ0v) is 16.7. The second kappa shape index (κ2) is 7.55.